The molecule has 1 heterocycles. The number of aromatic nitrogens is 1. The molecule has 0 spiro atoms. The number of rotatable bonds is 3. The minimum absolute atomic E-state index is 0.103. The van der Waals surface area contributed by atoms with Crippen LogP contribution in [0.3, 0.4) is 0 Å². The molecule has 0 aliphatic heterocycles. The number of nitrogens with zero attached hydrogens (tertiary/aromatic N) is 1. The molecule has 1 aromatic heterocycles. The van der Waals surface area contributed by atoms with Gasteiger partial charge in [0.15, 0.2) is 11.6 Å². The van der Waals surface area contributed by atoms with E-state index < -0.39 is 11.9 Å². The molecule has 0 aliphatic rings. The second kappa shape index (κ2) is 5.74. The third-order valence-electron chi connectivity index (χ3n) is 2.59. The van der Waals surface area contributed by atoms with E-state index in [1.165, 1.54) is 31.5 Å². The predicted molar refractivity (Wildman–Crippen MR) is 71.3 cm³/mol. The van der Waals surface area contributed by atoms with E-state index in [-0.39, 0.29) is 16.5 Å². The molecule has 100 valence electrons. The molecule has 6 heteroatoms. The van der Waals surface area contributed by atoms with Crippen LogP contribution in [0.2, 0.25) is 10.0 Å². The van der Waals surface area contributed by atoms with Crippen molar-refractivity contribution in [1.82, 2.24) is 4.98 Å². The molecule has 2 aromatic rings. The summed E-state index contributed by atoms with van der Waals surface area (Å²) in [5.41, 5.74) is 0.547. The first-order valence-electron chi connectivity index (χ1n) is 5.35. The Morgan fingerprint density at radius 2 is 2.05 bits per heavy atom. The van der Waals surface area contributed by atoms with Crippen LogP contribution >= 0.6 is 23.2 Å². The Kier molecular flexibility index (Phi) is 4.24. The van der Waals surface area contributed by atoms with Crippen LogP contribution in [0.5, 0.6) is 5.75 Å². The zero-order valence-corrected chi connectivity index (χ0v) is 11.4. The molecule has 1 unspecified atom stereocenters. The summed E-state index contributed by atoms with van der Waals surface area (Å²) in [6, 6.07) is 5.61. The maximum Gasteiger partial charge on any atom is 0.165 e. The highest BCUT2D eigenvalue weighted by Crippen LogP contribution is 2.30. The van der Waals surface area contributed by atoms with E-state index in [4.69, 9.17) is 27.9 Å². The van der Waals surface area contributed by atoms with Gasteiger partial charge in [-0.1, -0.05) is 29.3 Å². The SMILES string of the molecule is COc1ccc(C(O)c2ncc(Cl)cc2Cl)cc1F. The van der Waals surface area contributed by atoms with Crippen LogP contribution < -0.4 is 4.74 Å². The fourth-order valence-electron chi connectivity index (χ4n) is 1.64. The summed E-state index contributed by atoms with van der Waals surface area (Å²) >= 11 is 11.7. The molecule has 0 radical (unpaired) electrons. The van der Waals surface area contributed by atoms with Crippen molar-refractivity contribution in [1.29, 1.82) is 0 Å². The minimum atomic E-state index is -1.13. The van der Waals surface area contributed by atoms with Gasteiger partial charge in [-0.05, 0) is 23.8 Å². The summed E-state index contributed by atoms with van der Waals surface area (Å²) in [5, 5.41) is 10.7. The smallest absolute Gasteiger partial charge is 0.165 e. The standard InChI is InChI=1S/C13H10Cl2FNO2/c1-19-11-3-2-7(4-10(11)16)13(18)12-9(15)5-8(14)6-17-12/h2-6,13,18H,1H3. The van der Waals surface area contributed by atoms with Crippen molar-refractivity contribution in [3.05, 3.63) is 57.6 Å². The zero-order chi connectivity index (χ0) is 14.0. The molecule has 1 atom stereocenters. The van der Waals surface area contributed by atoms with Crippen LogP contribution in [-0.4, -0.2) is 17.2 Å². The topological polar surface area (TPSA) is 42.4 Å². The van der Waals surface area contributed by atoms with E-state index in [1.54, 1.807) is 6.07 Å². The third kappa shape index (κ3) is 2.97. The van der Waals surface area contributed by atoms with Gasteiger partial charge in [0.2, 0.25) is 0 Å². The lowest BCUT2D eigenvalue weighted by Crippen LogP contribution is -2.04. The Morgan fingerprint density at radius 3 is 2.63 bits per heavy atom. The highest BCUT2D eigenvalue weighted by atomic mass is 35.5. The second-order valence-electron chi connectivity index (χ2n) is 3.82. The maximum atomic E-state index is 13.6. The van der Waals surface area contributed by atoms with Gasteiger partial charge in [-0.25, -0.2) is 4.39 Å². The van der Waals surface area contributed by atoms with Crippen LogP contribution in [0.1, 0.15) is 17.4 Å². The Balaban J connectivity index is 2.38. The van der Waals surface area contributed by atoms with Crippen molar-refractivity contribution in [3.8, 4) is 5.75 Å². The highest BCUT2D eigenvalue weighted by molar-refractivity contribution is 6.34. The van der Waals surface area contributed by atoms with E-state index in [2.05, 4.69) is 4.98 Å². The first-order valence-corrected chi connectivity index (χ1v) is 6.11. The summed E-state index contributed by atoms with van der Waals surface area (Å²) in [7, 11) is 1.37. The lowest BCUT2D eigenvalue weighted by Gasteiger charge is -2.13. The summed E-state index contributed by atoms with van der Waals surface area (Å²) < 4.78 is 18.4. The molecular weight excluding hydrogens is 292 g/mol. The number of hydrogen-bond acceptors (Lipinski definition) is 3. The zero-order valence-electron chi connectivity index (χ0n) is 9.90. The molecule has 0 saturated carbocycles. The van der Waals surface area contributed by atoms with Crippen LogP contribution in [-0.2, 0) is 0 Å². The molecule has 2 rings (SSSR count). The molecule has 0 amide bonds. The number of hydrogen-bond donors (Lipinski definition) is 1. The first kappa shape index (κ1) is 14.1. The maximum absolute atomic E-state index is 13.6. The predicted octanol–water partition coefficient (Wildman–Crippen LogP) is 3.62. The molecule has 0 bridgehead atoms. The number of methoxy groups -OCH3 is 1. The monoisotopic (exact) mass is 301 g/mol. The molecule has 3 nitrogen and oxygen atoms in total. The van der Waals surface area contributed by atoms with E-state index in [9.17, 15) is 9.50 Å². The quantitative estimate of drug-likeness (QED) is 0.941. The summed E-state index contributed by atoms with van der Waals surface area (Å²) in [6.45, 7) is 0. The van der Waals surface area contributed by atoms with E-state index in [1.807, 2.05) is 0 Å². The largest absolute Gasteiger partial charge is 0.494 e. The Labute approximate surface area is 119 Å². The first-order chi connectivity index (χ1) is 9.02. The molecule has 0 saturated heterocycles. The molecule has 19 heavy (non-hydrogen) atoms. The third-order valence-corrected chi connectivity index (χ3v) is 3.10. The second-order valence-corrected chi connectivity index (χ2v) is 4.66. The fraction of sp³-hybridized carbons (Fsp3) is 0.154. The number of halogens is 3. The van der Waals surface area contributed by atoms with Crippen molar-refractivity contribution in [2.45, 2.75) is 6.10 Å². The van der Waals surface area contributed by atoms with Crippen molar-refractivity contribution in [2.24, 2.45) is 0 Å². The molecular formula is C13H10Cl2FNO2. The van der Waals surface area contributed by atoms with Crippen molar-refractivity contribution >= 4 is 23.2 Å². The van der Waals surface area contributed by atoms with Crippen molar-refractivity contribution < 1.29 is 14.2 Å². The summed E-state index contributed by atoms with van der Waals surface area (Å²) in [4.78, 5) is 3.96. The normalized spacial score (nSPS) is 12.3. The number of benzene rings is 1. The molecule has 0 fully saturated rings. The van der Waals surface area contributed by atoms with Crippen LogP contribution in [0.4, 0.5) is 4.39 Å². The van der Waals surface area contributed by atoms with E-state index in [0.29, 0.717) is 10.6 Å². The van der Waals surface area contributed by atoms with Crippen LogP contribution in [0.25, 0.3) is 0 Å². The van der Waals surface area contributed by atoms with Gasteiger partial charge in [0.1, 0.15) is 6.10 Å². The van der Waals surface area contributed by atoms with Gasteiger partial charge in [0.25, 0.3) is 0 Å². The van der Waals surface area contributed by atoms with Gasteiger partial charge in [0.05, 0.1) is 22.8 Å². The lowest BCUT2D eigenvalue weighted by molar-refractivity contribution is 0.214. The highest BCUT2D eigenvalue weighted by Gasteiger charge is 2.17. The summed E-state index contributed by atoms with van der Waals surface area (Å²) in [5.74, 6) is -0.463. The average molecular weight is 302 g/mol. The Hall–Kier alpha value is -1.36. The number of aliphatic hydroxyl groups is 1. The van der Waals surface area contributed by atoms with Gasteiger partial charge in [-0.2, -0.15) is 0 Å². The Bertz CT molecular complexity index is 607. The number of ether oxygens (including phenoxy) is 1. The lowest BCUT2D eigenvalue weighted by atomic mass is 10.1. The number of pyridine rings is 1. The van der Waals surface area contributed by atoms with Gasteiger partial charge >= 0.3 is 0 Å². The fourth-order valence-corrected chi connectivity index (χ4v) is 2.12. The van der Waals surface area contributed by atoms with Gasteiger partial charge < -0.3 is 9.84 Å². The van der Waals surface area contributed by atoms with Gasteiger partial charge in [-0.3, -0.25) is 4.98 Å². The van der Waals surface area contributed by atoms with Gasteiger partial charge in [-0.15, -0.1) is 0 Å². The van der Waals surface area contributed by atoms with E-state index >= 15 is 0 Å². The molecule has 0 aliphatic carbocycles. The van der Waals surface area contributed by atoms with Crippen molar-refractivity contribution in [3.63, 3.8) is 0 Å². The molecule has 1 N–H and O–H groups in total. The average Bonchev–Trinajstić information content (AvgIpc) is 2.38. The van der Waals surface area contributed by atoms with Crippen molar-refractivity contribution in [2.75, 3.05) is 7.11 Å². The summed E-state index contributed by atoms with van der Waals surface area (Å²) in [6.07, 6.45) is 0.233. The van der Waals surface area contributed by atoms with Gasteiger partial charge in [0, 0.05) is 6.20 Å². The Morgan fingerprint density at radius 1 is 1.32 bits per heavy atom. The molecule has 1 aromatic carbocycles. The number of aliphatic hydroxyl groups excluding tert-OH is 1. The van der Waals surface area contributed by atoms with E-state index in [0.717, 1.165) is 0 Å². The van der Waals surface area contributed by atoms with Crippen LogP contribution in [0, 0.1) is 5.82 Å². The van der Waals surface area contributed by atoms with Crippen LogP contribution in [0.15, 0.2) is 30.5 Å². The minimum Gasteiger partial charge on any atom is -0.494 e.